The summed E-state index contributed by atoms with van der Waals surface area (Å²) in [5.41, 5.74) is 2.32. The SMILES string of the molecule is Cc1c(C(=O)N2C[C@H]3CCCN3C(=O)[C@H]2C)[nH]c2ccc(Cl)cc12. The Balaban J connectivity index is 1.70. The first-order valence-electron chi connectivity index (χ1n) is 8.36. The summed E-state index contributed by atoms with van der Waals surface area (Å²) in [7, 11) is 0. The van der Waals surface area contributed by atoms with Gasteiger partial charge in [-0.15, -0.1) is 0 Å². The smallest absolute Gasteiger partial charge is 0.271 e. The fourth-order valence-corrected chi connectivity index (χ4v) is 4.16. The molecule has 2 amide bonds. The Morgan fingerprint density at radius 1 is 1.38 bits per heavy atom. The first kappa shape index (κ1) is 15.5. The molecule has 0 unspecified atom stereocenters. The summed E-state index contributed by atoms with van der Waals surface area (Å²) in [4.78, 5) is 32.5. The van der Waals surface area contributed by atoms with Gasteiger partial charge in [-0.3, -0.25) is 9.59 Å². The minimum atomic E-state index is -0.416. The van der Waals surface area contributed by atoms with Crippen LogP contribution in [0.1, 0.15) is 35.8 Å². The Kier molecular flexibility index (Phi) is 3.57. The molecule has 6 heteroatoms. The van der Waals surface area contributed by atoms with Gasteiger partial charge in [0.2, 0.25) is 5.91 Å². The highest BCUT2D eigenvalue weighted by atomic mass is 35.5. The molecule has 2 aliphatic rings. The van der Waals surface area contributed by atoms with Crippen LogP contribution in [0.4, 0.5) is 0 Å². The van der Waals surface area contributed by atoms with Crippen molar-refractivity contribution in [3.63, 3.8) is 0 Å². The highest BCUT2D eigenvalue weighted by Crippen LogP contribution is 2.29. The summed E-state index contributed by atoms with van der Waals surface area (Å²) >= 11 is 6.07. The van der Waals surface area contributed by atoms with E-state index in [1.54, 1.807) is 11.0 Å². The van der Waals surface area contributed by atoms with E-state index in [0.29, 0.717) is 17.3 Å². The number of aryl methyl sites for hydroxylation is 1. The van der Waals surface area contributed by atoms with Gasteiger partial charge in [0.25, 0.3) is 5.91 Å². The molecule has 2 saturated heterocycles. The third-order valence-electron chi connectivity index (χ3n) is 5.39. The highest BCUT2D eigenvalue weighted by Gasteiger charge is 2.42. The number of piperazine rings is 1. The van der Waals surface area contributed by atoms with Gasteiger partial charge < -0.3 is 14.8 Å². The molecular formula is C18H20ClN3O2. The first-order chi connectivity index (χ1) is 11.5. The van der Waals surface area contributed by atoms with Gasteiger partial charge in [0.15, 0.2) is 0 Å². The summed E-state index contributed by atoms with van der Waals surface area (Å²) in [6.45, 7) is 5.17. The Morgan fingerprint density at radius 3 is 2.96 bits per heavy atom. The molecule has 2 atom stereocenters. The molecule has 4 rings (SSSR count). The summed E-state index contributed by atoms with van der Waals surface area (Å²) in [5.74, 6) is -0.0406. The van der Waals surface area contributed by atoms with Gasteiger partial charge in [-0.05, 0) is 50.5 Å². The molecule has 0 spiro atoms. The van der Waals surface area contributed by atoms with Gasteiger partial charge in [0, 0.05) is 35.1 Å². The number of aromatic nitrogens is 1. The summed E-state index contributed by atoms with van der Waals surface area (Å²) in [6, 6.07) is 5.30. The molecule has 0 radical (unpaired) electrons. The predicted octanol–water partition coefficient (Wildman–Crippen LogP) is 2.97. The van der Waals surface area contributed by atoms with Crippen LogP contribution in [-0.2, 0) is 4.79 Å². The van der Waals surface area contributed by atoms with E-state index >= 15 is 0 Å². The molecule has 1 N–H and O–H groups in total. The standard InChI is InChI=1S/C18H20ClN3O2/c1-10-14-8-12(19)5-6-15(14)20-16(10)18(24)22-9-13-4-3-7-21(13)17(23)11(22)2/h5-6,8,11,13,20H,3-4,7,9H2,1-2H3/t11-,13-/m1/s1. The molecular weight excluding hydrogens is 326 g/mol. The number of fused-ring (bicyclic) bond motifs is 2. The van der Waals surface area contributed by atoms with Crippen molar-refractivity contribution >= 4 is 34.3 Å². The molecule has 3 heterocycles. The van der Waals surface area contributed by atoms with Gasteiger partial charge in [0.05, 0.1) is 0 Å². The van der Waals surface area contributed by atoms with Crippen LogP contribution in [0.25, 0.3) is 10.9 Å². The quantitative estimate of drug-likeness (QED) is 0.863. The van der Waals surface area contributed by atoms with Gasteiger partial charge in [-0.1, -0.05) is 11.6 Å². The lowest BCUT2D eigenvalue weighted by molar-refractivity contribution is -0.141. The monoisotopic (exact) mass is 345 g/mol. The fourth-order valence-electron chi connectivity index (χ4n) is 3.99. The van der Waals surface area contributed by atoms with Crippen LogP contribution in [-0.4, -0.2) is 51.8 Å². The van der Waals surface area contributed by atoms with Gasteiger partial charge in [-0.2, -0.15) is 0 Å². The zero-order valence-electron chi connectivity index (χ0n) is 13.8. The molecule has 2 fully saturated rings. The number of hydrogen-bond donors (Lipinski definition) is 1. The van der Waals surface area contributed by atoms with Crippen molar-refractivity contribution in [2.24, 2.45) is 0 Å². The van der Waals surface area contributed by atoms with E-state index in [2.05, 4.69) is 4.98 Å². The zero-order chi connectivity index (χ0) is 17.0. The zero-order valence-corrected chi connectivity index (χ0v) is 14.6. The molecule has 0 aliphatic carbocycles. The van der Waals surface area contributed by atoms with Crippen molar-refractivity contribution in [1.29, 1.82) is 0 Å². The number of carbonyl (C=O) groups is 2. The van der Waals surface area contributed by atoms with E-state index in [0.717, 1.165) is 35.9 Å². The number of H-pyrrole nitrogens is 1. The topological polar surface area (TPSA) is 56.4 Å². The minimum Gasteiger partial charge on any atom is -0.350 e. The second-order valence-electron chi connectivity index (χ2n) is 6.78. The van der Waals surface area contributed by atoms with Crippen molar-refractivity contribution in [3.8, 4) is 0 Å². The van der Waals surface area contributed by atoms with Crippen LogP contribution in [0, 0.1) is 6.92 Å². The number of aromatic amines is 1. The van der Waals surface area contributed by atoms with Crippen LogP contribution in [0.15, 0.2) is 18.2 Å². The third kappa shape index (κ3) is 2.22. The average Bonchev–Trinajstić information content (AvgIpc) is 3.16. The molecule has 1 aromatic heterocycles. The number of amides is 2. The normalized spacial score (nSPS) is 23.9. The number of hydrogen-bond acceptors (Lipinski definition) is 2. The molecule has 1 aromatic carbocycles. The predicted molar refractivity (Wildman–Crippen MR) is 93.3 cm³/mol. The molecule has 2 aromatic rings. The third-order valence-corrected chi connectivity index (χ3v) is 5.62. The molecule has 0 saturated carbocycles. The average molecular weight is 346 g/mol. The number of benzene rings is 1. The Hall–Kier alpha value is -2.01. The number of nitrogens with one attached hydrogen (secondary N) is 1. The molecule has 5 nitrogen and oxygen atoms in total. The molecule has 24 heavy (non-hydrogen) atoms. The Morgan fingerprint density at radius 2 is 2.17 bits per heavy atom. The van der Waals surface area contributed by atoms with Crippen LogP contribution in [0.5, 0.6) is 0 Å². The lowest BCUT2D eigenvalue weighted by Crippen LogP contribution is -2.60. The number of carbonyl (C=O) groups excluding carboxylic acids is 2. The lowest BCUT2D eigenvalue weighted by atomic mass is 10.1. The van der Waals surface area contributed by atoms with Crippen molar-refractivity contribution in [2.75, 3.05) is 13.1 Å². The fraction of sp³-hybridized carbons (Fsp3) is 0.444. The molecule has 0 bridgehead atoms. The maximum absolute atomic E-state index is 13.1. The second-order valence-corrected chi connectivity index (χ2v) is 7.21. The van der Waals surface area contributed by atoms with E-state index < -0.39 is 6.04 Å². The van der Waals surface area contributed by atoms with Crippen LogP contribution in [0.3, 0.4) is 0 Å². The molecule has 2 aliphatic heterocycles. The summed E-state index contributed by atoms with van der Waals surface area (Å²) in [5, 5.41) is 1.59. The van der Waals surface area contributed by atoms with Crippen molar-refractivity contribution in [1.82, 2.24) is 14.8 Å². The van der Waals surface area contributed by atoms with Crippen molar-refractivity contribution in [2.45, 2.75) is 38.8 Å². The van der Waals surface area contributed by atoms with Crippen LogP contribution >= 0.6 is 11.6 Å². The van der Waals surface area contributed by atoms with E-state index in [9.17, 15) is 9.59 Å². The van der Waals surface area contributed by atoms with E-state index in [1.165, 1.54) is 0 Å². The Bertz CT molecular complexity index is 844. The van der Waals surface area contributed by atoms with E-state index in [1.807, 2.05) is 30.9 Å². The summed E-state index contributed by atoms with van der Waals surface area (Å²) < 4.78 is 0. The van der Waals surface area contributed by atoms with Crippen LogP contribution < -0.4 is 0 Å². The van der Waals surface area contributed by atoms with Gasteiger partial charge in [-0.25, -0.2) is 0 Å². The maximum atomic E-state index is 13.1. The summed E-state index contributed by atoms with van der Waals surface area (Å²) in [6.07, 6.45) is 2.00. The Labute approximate surface area is 145 Å². The second kappa shape index (κ2) is 5.52. The molecule has 126 valence electrons. The maximum Gasteiger partial charge on any atom is 0.271 e. The first-order valence-corrected chi connectivity index (χ1v) is 8.74. The highest BCUT2D eigenvalue weighted by molar-refractivity contribution is 6.31. The van der Waals surface area contributed by atoms with E-state index in [4.69, 9.17) is 11.6 Å². The van der Waals surface area contributed by atoms with Gasteiger partial charge in [0.1, 0.15) is 11.7 Å². The number of nitrogens with zero attached hydrogens (tertiary/aromatic N) is 2. The largest absolute Gasteiger partial charge is 0.350 e. The number of rotatable bonds is 1. The lowest BCUT2D eigenvalue weighted by Gasteiger charge is -2.41. The van der Waals surface area contributed by atoms with Gasteiger partial charge >= 0.3 is 0 Å². The van der Waals surface area contributed by atoms with E-state index in [-0.39, 0.29) is 17.9 Å². The minimum absolute atomic E-state index is 0.0638. The van der Waals surface area contributed by atoms with Crippen molar-refractivity contribution < 1.29 is 9.59 Å². The number of halogens is 1. The van der Waals surface area contributed by atoms with Crippen LogP contribution in [0.2, 0.25) is 5.02 Å². The van der Waals surface area contributed by atoms with Crippen molar-refractivity contribution in [3.05, 3.63) is 34.5 Å².